The molecule has 3 aliphatic rings. The van der Waals surface area contributed by atoms with Gasteiger partial charge in [-0.2, -0.15) is 0 Å². The van der Waals surface area contributed by atoms with Crippen molar-refractivity contribution in [3.63, 3.8) is 0 Å². The molecule has 182 valence electrons. The number of Topliss-reactive ketones (excluding diaryl/α,β-unsaturated/α-hetero) is 2. The van der Waals surface area contributed by atoms with Gasteiger partial charge < -0.3 is 4.74 Å². The van der Waals surface area contributed by atoms with E-state index in [0.29, 0.717) is 12.0 Å². The van der Waals surface area contributed by atoms with E-state index in [-0.39, 0.29) is 33.8 Å². The molecule has 0 spiro atoms. The summed E-state index contributed by atoms with van der Waals surface area (Å²) in [5.74, 6) is -1.02. The number of fused-ring (bicyclic) bond motifs is 4. The predicted octanol–water partition coefficient (Wildman–Crippen LogP) is 6.25. The number of rotatable bonds is 3. The van der Waals surface area contributed by atoms with Gasteiger partial charge in [0.15, 0.2) is 11.6 Å². The van der Waals surface area contributed by atoms with E-state index in [4.69, 9.17) is 4.74 Å². The lowest BCUT2D eigenvalue weighted by atomic mass is 9.58. The normalized spacial score (nSPS) is 30.0. The Morgan fingerprint density at radius 1 is 1.06 bits per heavy atom. The van der Waals surface area contributed by atoms with Gasteiger partial charge in [0.1, 0.15) is 10.1 Å². The number of hydrogen-bond donors (Lipinski definition) is 0. The van der Waals surface area contributed by atoms with Crippen molar-refractivity contribution in [3.8, 4) is 5.75 Å². The zero-order chi connectivity index (χ0) is 25.2. The van der Waals surface area contributed by atoms with Crippen LogP contribution in [0.5, 0.6) is 5.75 Å². The van der Waals surface area contributed by atoms with Gasteiger partial charge in [0.2, 0.25) is 0 Å². The molecular formula is C29H31BrO4Si. The first-order valence-electron chi connectivity index (χ1n) is 12.3. The largest absolute Gasteiger partial charge is 0.426 e. The Hall–Kier alpha value is -2.31. The minimum atomic E-state index is -1.81. The van der Waals surface area contributed by atoms with Gasteiger partial charge in [-0.3, -0.25) is 14.4 Å². The topological polar surface area (TPSA) is 60.4 Å². The molecule has 0 aromatic heterocycles. The molecule has 2 aromatic rings. The lowest BCUT2D eigenvalue weighted by Crippen LogP contribution is -2.59. The van der Waals surface area contributed by atoms with Crippen LogP contribution >= 0.6 is 15.9 Å². The van der Waals surface area contributed by atoms with Gasteiger partial charge in [-0.05, 0) is 36.8 Å². The van der Waals surface area contributed by atoms with E-state index >= 15 is 0 Å². The van der Waals surface area contributed by atoms with Crippen LogP contribution in [0.3, 0.4) is 0 Å². The third kappa shape index (κ3) is 3.55. The Bertz CT molecular complexity index is 1270. The molecule has 4 atom stereocenters. The van der Waals surface area contributed by atoms with Crippen LogP contribution in [0.15, 0.2) is 60.2 Å². The van der Waals surface area contributed by atoms with Crippen molar-refractivity contribution in [3.05, 3.63) is 71.3 Å². The van der Waals surface area contributed by atoms with Crippen molar-refractivity contribution < 1.29 is 19.1 Å². The van der Waals surface area contributed by atoms with E-state index in [2.05, 4.69) is 72.4 Å². The van der Waals surface area contributed by atoms with E-state index in [1.807, 2.05) is 0 Å². The second kappa shape index (κ2) is 8.38. The number of esters is 1. The second-order valence-corrected chi connectivity index (χ2v) is 17.5. The molecule has 1 saturated carbocycles. The minimum absolute atomic E-state index is 0.0168. The molecule has 0 N–H and O–H groups in total. The number of ether oxygens (including phenoxy) is 1. The average Bonchev–Trinajstić information content (AvgIpc) is 2.82. The van der Waals surface area contributed by atoms with Gasteiger partial charge >= 0.3 is 5.97 Å². The summed E-state index contributed by atoms with van der Waals surface area (Å²) in [5.41, 5.74) is 1.92. The summed E-state index contributed by atoms with van der Waals surface area (Å²) in [6.45, 7) is 8.64. The first-order chi connectivity index (χ1) is 16.5. The number of alkyl halides is 1. The fourth-order valence-corrected chi connectivity index (χ4v) is 10.9. The van der Waals surface area contributed by atoms with Crippen molar-refractivity contribution in [2.24, 2.45) is 11.8 Å². The Morgan fingerprint density at radius 3 is 2.46 bits per heavy atom. The Labute approximate surface area is 216 Å². The van der Waals surface area contributed by atoms with E-state index in [0.717, 1.165) is 19.3 Å². The predicted molar refractivity (Wildman–Crippen MR) is 144 cm³/mol. The molecule has 35 heavy (non-hydrogen) atoms. The maximum absolute atomic E-state index is 14.0. The summed E-state index contributed by atoms with van der Waals surface area (Å²) in [6, 6.07) is 15.8. The molecular weight excluding hydrogens is 520 g/mol. The lowest BCUT2D eigenvalue weighted by molar-refractivity contribution is -0.131. The molecule has 2 aromatic carbocycles. The summed E-state index contributed by atoms with van der Waals surface area (Å²) in [6.07, 6.45) is 5.58. The fraction of sp³-hybridized carbons (Fsp3) is 0.414. The monoisotopic (exact) mass is 550 g/mol. The molecule has 0 saturated heterocycles. The number of ketones is 2. The molecule has 6 heteroatoms. The molecule has 3 aliphatic carbocycles. The Kier molecular flexibility index (Phi) is 5.84. The van der Waals surface area contributed by atoms with Crippen LogP contribution < -0.4 is 9.92 Å². The third-order valence-corrected chi connectivity index (χ3v) is 15.8. The van der Waals surface area contributed by atoms with Crippen LogP contribution in [0.4, 0.5) is 0 Å². The van der Waals surface area contributed by atoms with Crippen molar-refractivity contribution in [2.45, 2.75) is 62.0 Å². The van der Waals surface area contributed by atoms with Crippen LogP contribution in [-0.2, 0) is 4.79 Å². The molecule has 5 rings (SSSR count). The number of carbonyl (C=O) groups excluding carboxylic acids is 3. The summed E-state index contributed by atoms with van der Waals surface area (Å²) in [5, 5.41) is 1.62. The number of carbonyl (C=O) groups is 3. The van der Waals surface area contributed by atoms with E-state index in [1.54, 1.807) is 18.2 Å². The highest BCUT2D eigenvalue weighted by Crippen LogP contribution is 2.61. The zero-order valence-corrected chi connectivity index (χ0v) is 23.3. The number of benzene rings is 2. The van der Waals surface area contributed by atoms with E-state index in [9.17, 15) is 14.4 Å². The first-order valence-corrected chi connectivity index (χ1v) is 16.1. The summed E-state index contributed by atoms with van der Waals surface area (Å²) in [7, 11) is -1.81. The molecule has 0 unspecified atom stereocenters. The van der Waals surface area contributed by atoms with E-state index in [1.165, 1.54) is 17.7 Å². The quantitative estimate of drug-likeness (QED) is 0.149. The van der Waals surface area contributed by atoms with Crippen molar-refractivity contribution in [1.29, 1.82) is 0 Å². The van der Waals surface area contributed by atoms with Crippen molar-refractivity contribution in [1.82, 2.24) is 0 Å². The molecule has 1 fully saturated rings. The maximum Gasteiger partial charge on any atom is 0.308 e. The Balaban J connectivity index is 1.53. The van der Waals surface area contributed by atoms with Crippen molar-refractivity contribution in [2.75, 3.05) is 0 Å². The number of halogens is 1. The maximum atomic E-state index is 14.0. The molecule has 0 radical (unpaired) electrons. The first kappa shape index (κ1) is 24.4. The highest BCUT2D eigenvalue weighted by molar-refractivity contribution is 9.10. The molecule has 0 amide bonds. The summed E-state index contributed by atoms with van der Waals surface area (Å²) >= 11 is 3.89. The van der Waals surface area contributed by atoms with Gasteiger partial charge in [-0.1, -0.05) is 95.2 Å². The smallest absolute Gasteiger partial charge is 0.308 e. The van der Waals surface area contributed by atoms with Crippen LogP contribution in [0.1, 0.15) is 60.2 Å². The highest BCUT2D eigenvalue weighted by atomic mass is 79.9. The summed E-state index contributed by atoms with van der Waals surface area (Å²) in [4.78, 5) is 39.4. The van der Waals surface area contributed by atoms with Gasteiger partial charge in [0.05, 0.1) is 13.6 Å². The second-order valence-electron chi connectivity index (χ2n) is 11.1. The zero-order valence-electron chi connectivity index (χ0n) is 20.7. The third-order valence-electron chi connectivity index (χ3n) is 9.10. The minimum Gasteiger partial charge on any atom is -0.426 e. The molecule has 0 bridgehead atoms. The lowest BCUT2D eigenvalue weighted by Gasteiger charge is -2.54. The Morgan fingerprint density at radius 2 is 1.77 bits per heavy atom. The highest BCUT2D eigenvalue weighted by Gasteiger charge is 2.61. The molecule has 0 aliphatic heterocycles. The summed E-state index contributed by atoms with van der Waals surface area (Å²) < 4.78 is 4.37. The van der Waals surface area contributed by atoms with Gasteiger partial charge in [-0.25, -0.2) is 0 Å². The average molecular weight is 552 g/mol. The molecule has 4 nitrogen and oxygen atoms in total. The van der Waals surface area contributed by atoms with Crippen LogP contribution in [0.2, 0.25) is 18.1 Å². The molecule has 0 heterocycles. The SMILES string of the molecule is CC(=O)Oc1cccc2c1C(=O)[C@H]1CC=C3C[C@](C)([Si](C)(C)c4ccccc4)CC[C@@H]3[C@]1(Br)C2=O. The standard InChI is InChI=1S/C29H31BrO4Si/c1-18(31)34-24-12-8-11-21-25(24)26(32)23-14-13-19-17-28(2,16-15-22(19)29(23,30)27(21)33)35(3,4)20-9-6-5-7-10-20/h5-13,22-23H,14-17H2,1-4H3/t22-,23+,28+,29+/m0/s1. The van der Waals surface area contributed by atoms with Crippen molar-refractivity contribution >= 4 is 46.7 Å². The van der Waals surface area contributed by atoms with Gasteiger partial charge in [0, 0.05) is 24.3 Å². The van der Waals surface area contributed by atoms with Crippen LogP contribution in [-0.4, -0.2) is 29.9 Å². The van der Waals surface area contributed by atoms with Crippen LogP contribution in [0.25, 0.3) is 0 Å². The van der Waals surface area contributed by atoms with Crippen LogP contribution in [0, 0.1) is 11.8 Å². The fourth-order valence-electron chi connectivity index (χ4n) is 6.63. The van der Waals surface area contributed by atoms with Gasteiger partial charge in [-0.15, -0.1) is 0 Å². The van der Waals surface area contributed by atoms with E-state index < -0.39 is 24.3 Å². The van der Waals surface area contributed by atoms with Gasteiger partial charge in [0.25, 0.3) is 0 Å². The number of hydrogen-bond acceptors (Lipinski definition) is 4. The number of allylic oxidation sites excluding steroid dienone is 2.